The number of hydrogen-bond acceptors (Lipinski definition) is 6. The van der Waals surface area contributed by atoms with E-state index < -0.39 is 22.0 Å². The number of sulfonamides is 1. The van der Waals surface area contributed by atoms with Crippen molar-refractivity contribution >= 4 is 22.1 Å². The van der Waals surface area contributed by atoms with Crippen LogP contribution in [0.4, 0.5) is 0 Å². The number of carbonyl (C=O) groups is 1. The van der Waals surface area contributed by atoms with Crippen molar-refractivity contribution in [2.45, 2.75) is 24.3 Å². The minimum absolute atomic E-state index is 0.127. The lowest BCUT2D eigenvalue weighted by Gasteiger charge is -2.18. The summed E-state index contributed by atoms with van der Waals surface area (Å²) in [5.41, 5.74) is 4.67. The summed E-state index contributed by atoms with van der Waals surface area (Å²) in [5.74, 6) is 0.557. The lowest BCUT2D eigenvalue weighted by atomic mass is 10.0. The molecule has 178 valence electrons. The molecule has 34 heavy (non-hydrogen) atoms. The minimum Gasteiger partial charge on any atom is -0.493 e. The molecule has 0 unspecified atom stereocenters. The Morgan fingerprint density at radius 1 is 0.971 bits per heavy atom. The summed E-state index contributed by atoms with van der Waals surface area (Å²) >= 11 is 0. The van der Waals surface area contributed by atoms with Crippen molar-refractivity contribution in [1.29, 1.82) is 0 Å². The second kappa shape index (κ2) is 11.4. The average molecular weight is 482 g/mol. The number of benzene rings is 3. The third kappa shape index (κ3) is 6.43. The third-order valence-corrected chi connectivity index (χ3v) is 6.53. The van der Waals surface area contributed by atoms with Gasteiger partial charge in [0.05, 0.1) is 31.4 Å². The maximum Gasteiger partial charge on any atom is 0.242 e. The van der Waals surface area contributed by atoms with Crippen LogP contribution in [0.3, 0.4) is 0 Å². The number of rotatable bonds is 10. The molecule has 0 bridgehead atoms. The number of hydrogen-bond donors (Lipinski definition) is 2. The van der Waals surface area contributed by atoms with Crippen molar-refractivity contribution in [1.82, 2.24) is 10.1 Å². The van der Waals surface area contributed by atoms with Gasteiger partial charge in [0.15, 0.2) is 11.5 Å². The number of nitrogens with one attached hydrogen (secondary N) is 2. The summed E-state index contributed by atoms with van der Waals surface area (Å²) in [7, 11) is -0.807. The molecule has 0 aliphatic heterocycles. The highest BCUT2D eigenvalue weighted by atomic mass is 32.2. The third-order valence-electron chi connectivity index (χ3n) is 5.05. The Hall–Kier alpha value is -3.69. The summed E-state index contributed by atoms with van der Waals surface area (Å²) in [6, 6.07) is 19.9. The Morgan fingerprint density at radius 3 is 2.32 bits per heavy atom. The van der Waals surface area contributed by atoms with Gasteiger partial charge in [0.1, 0.15) is 0 Å². The molecule has 0 radical (unpaired) electrons. The summed E-state index contributed by atoms with van der Waals surface area (Å²) in [6.07, 6.45) is 1.29. The van der Waals surface area contributed by atoms with E-state index in [-0.39, 0.29) is 11.3 Å². The van der Waals surface area contributed by atoms with Crippen molar-refractivity contribution < 1.29 is 22.7 Å². The topological polar surface area (TPSA) is 106 Å². The molecule has 0 aliphatic rings. The number of ether oxygens (including phenoxy) is 2. The quantitative estimate of drug-likeness (QED) is 0.340. The van der Waals surface area contributed by atoms with Crippen LogP contribution in [-0.2, 0) is 14.8 Å². The van der Waals surface area contributed by atoms with Gasteiger partial charge in [-0.2, -0.15) is 5.10 Å². The highest BCUT2D eigenvalue weighted by molar-refractivity contribution is 7.89. The number of aryl methyl sites for hydroxylation is 1. The molecule has 0 aliphatic carbocycles. The van der Waals surface area contributed by atoms with Gasteiger partial charge < -0.3 is 9.47 Å². The van der Waals surface area contributed by atoms with E-state index in [0.29, 0.717) is 22.6 Å². The number of para-hydroxylation sites is 1. The van der Waals surface area contributed by atoms with Crippen LogP contribution in [0.2, 0.25) is 0 Å². The van der Waals surface area contributed by atoms with Gasteiger partial charge in [-0.15, -0.1) is 0 Å². The molecule has 1 amide bonds. The zero-order valence-electron chi connectivity index (χ0n) is 19.2. The number of nitrogens with zero attached hydrogens (tertiary/aromatic N) is 1. The number of methoxy groups -OCH3 is 2. The zero-order chi connectivity index (χ0) is 24.6. The van der Waals surface area contributed by atoms with Gasteiger partial charge in [0, 0.05) is 12.0 Å². The molecule has 8 nitrogen and oxygen atoms in total. The first-order valence-electron chi connectivity index (χ1n) is 10.5. The second-order valence-corrected chi connectivity index (χ2v) is 9.19. The molecular formula is C25H27N3O5S. The molecular weight excluding hydrogens is 454 g/mol. The van der Waals surface area contributed by atoms with Crippen molar-refractivity contribution in [3.63, 3.8) is 0 Å². The van der Waals surface area contributed by atoms with E-state index in [9.17, 15) is 13.2 Å². The summed E-state index contributed by atoms with van der Waals surface area (Å²) in [6.45, 7) is 1.88. The smallest absolute Gasteiger partial charge is 0.242 e. The van der Waals surface area contributed by atoms with Crippen molar-refractivity contribution in [3.8, 4) is 11.5 Å². The maximum atomic E-state index is 12.9. The minimum atomic E-state index is -3.85. The molecule has 0 aromatic heterocycles. The van der Waals surface area contributed by atoms with E-state index in [4.69, 9.17) is 9.47 Å². The lowest BCUT2D eigenvalue weighted by Crippen LogP contribution is -2.32. The van der Waals surface area contributed by atoms with E-state index in [0.717, 1.165) is 5.56 Å². The Bertz CT molecular complexity index is 1240. The van der Waals surface area contributed by atoms with Crippen LogP contribution in [-0.4, -0.2) is 34.8 Å². The molecule has 9 heteroatoms. The molecule has 0 saturated heterocycles. The predicted octanol–water partition coefficient (Wildman–Crippen LogP) is 3.57. The predicted molar refractivity (Wildman–Crippen MR) is 131 cm³/mol. The number of amides is 1. The Kier molecular flexibility index (Phi) is 8.39. The molecule has 3 aromatic rings. The molecule has 3 aromatic carbocycles. The fourth-order valence-corrected chi connectivity index (χ4v) is 4.53. The van der Waals surface area contributed by atoms with Crippen LogP contribution in [0.1, 0.15) is 29.2 Å². The van der Waals surface area contributed by atoms with E-state index in [1.54, 1.807) is 54.6 Å². The van der Waals surface area contributed by atoms with Gasteiger partial charge in [-0.25, -0.2) is 18.6 Å². The van der Waals surface area contributed by atoms with Gasteiger partial charge in [0.25, 0.3) is 0 Å². The van der Waals surface area contributed by atoms with Crippen molar-refractivity contribution in [2.24, 2.45) is 5.10 Å². The monoisotopic (exact) mass is 481 g/mol. The summed E-state index contributed by atoms with van der Waals surface area (Å²) < 4.78 is 39.1. The van der Waals surface area contributed by atoms with Crippen molar-refractivity contribution in [3.05, 3.63) is 89.5 Å². The molecule has 2 N–H and O–H groups in total. The average Bonchev–Trinajstić information content (AvgIpc) is 2.84. The Labute approximate surface area is 199 Å². The fraction of sp³-hybridized carbons (Fsp3) is 0.200. The van der Waals surface area contributed by atoms with Gasteiger partial charge in [0.2, 0.25) is 15.9 Å². The van der Waals surface area contributed by atoms with Crippen LogP contribution in [0.15, 0.2) is 82.8 Å². The van der Waals surface area contributed by atoms with Crippen LogP contribution in [0.5, 0.6) is 11.5 Å². The van der Waals surface area contributed by atoms with Gasteiger partial charge in [-0.3, -0.25) is 4.79 Å². The first-order valence-corrected chi connectivity index (χ1v) is 12.0. The molecule has 0 heterocycles. The Balaban J connectivity index is 1.75. The van der Waals surface area contributed by atoms with E-state index in [1.165, 1.54) is 32.6 Å². The largest absolute Gasteiger partial charge is 0.493 e. The highest BCUT2D eigenvalue weighted by Crippen LogP contribution is 2.29. The normalized spacial score (nSPS) is 12.3. The first-order chi connectivity index (χ1) is 16.3. The van der Waals surface area contributed by atoms with Crippen LogP contribution < -0.4 is 19.6 Å². The van der Waals surface area contributed by atoms with Crippen LogP contribution in [0.25, 0.3) is 0 Å². The van der Waals surface area contributed by atoms with Gasteiger partial charge in [-0.05, 0) is 36.8 Å². The second-order valence-electron chi connectivity index (χ2n) is 7.48. The molecule has 3 rings (SSSR count). The number of carbonyl (C=O) groups excluding carboxylic acids is 1. The first kappa shape index (κ1) is 24.9. The van der Waals surface area contributed by atoms with Crippen LogP contribution >= 0.6 is 0 Å². The molecule has 1 atom stereocenters. The lowest BCUT2D eigenvalue weighted by molar-refractivity contribution is -0.121. The van der Waals surface area contributed by atoms with Crippen LogP contribution in [0, 0.1) is 6.92 Å². The van der Waals surface area contributed by atoms with E-state index >= 15 is 0 Å². The number of hydrazone groups is 1. The maximum absolute atomic E-state index is 12.9. The van der Waals surface area contributed by atoms with Crippen molar-refractivity contribution in [2.75, 3.05) is 14.2 Å². The summed E-state index contributed by atoms with van der Waals surface area (Å²) in [4.78, 5) is 12.8. The van der Waals surface area contributed by atoms with E-state index in [1.807, 2.05) is 13.0 Å². The fourth-order valence-electron chi connectivity index (χ4n) is 3.30. The SMILES string of the molecule is COc1cccc(/C=N\NC(=O)C[C@@H](NS(=O)(=O)c2ccc(C)cc2)c2ccccc2)c1OC. The molecule has 0 fully saturated rings. The van der Waals surface area contributed by atoms with Gasteiger partial charge >= 0.3 is 0 Å². The Morgan fingerprint density at radius 2 is 1.68 bits per heavy atom. The molecule has 0 spiro atoms. The highest BCUT2D eigenvalue weighted by Gasteiger charge is 2.23. The summed E-state index contributed by atoms with van der Waals surface area (Å²) in [5, 5.41) is 4.00. The molecule has 0 saturated carbocycles. The zero-order valence-corrected chi connectivity index (χ0v) is 20.0. The van der Waals surface area contributed by atoms with Gasteiger partial charge in [-0.1, -0.05) is 54.1 Å². The van der Waals surface area contributed by atoms with E-state index in [2.05, 4.69) is 15.2 Å². The standard InChI is InChI=1S/C25H27N3O5S/c1-18-12-14-21(15-13-18)34(30,31)28-22(19-8-5-4-6-9-19)16-24(29)27-26-17-20-10-7-11-23(32-2)25(20)33-3/h4-15,17,22,28H,16H2,1-3H3,(H,27,29)/b26-17-/t22-/m1/s1.